The van der Waals surface area contributed by atoms with Crippen molar-refractivity contribution in [3.8, 4) is 5.75 Å². The number of benzene rings is 2. The Hall–Kier alpha value is -2.33. The highest BCUT2D eigenvalue weighted by Gasteiger charge is 2.35. The summed E-state index contributed by atoms with van der Waals surface area (Å²) in [5, 5.41) is 3.17. The minimum absolute atomic E-state index is 0.0524. The molecule has 150 valence electrons. The van der Waals surface area contributed by atoms with Crippen molar-refractivity contribution in [2.24, 2.45) is 0 Å². The summed E-state index contributed by atoms with van der Waals surface area (Å²) in [4.78, 5) is 12.9. The van der Waals surface area contributed by atoms with Gasteiger partial charge < -0.3 is 14.8 Å². The summed E-state index contributed by atoms with van der Waals surface area (Å²) in [5.41, 5.74) is 3.46. The molecule has 2 aromatic rings. The highest BCUT2D eigenvalue weighted by molar-refractivity contribution is 5.81. The van der Waals surface area contributed by atoms with Gasteiger partial charge in [-0.15, -0.1) is 0 Å². The fraction of sp³-hybridized carbons (Fsp3) is 0.458. The van der Waals surface area contributed by atoms with Crippen molar-refractivity contribution in [2.75, 3.05) is 19.8 Å². The Morgan fingerprint density at radius 2 is 1.75 bits per heavy atom. The van der Waals surface area contributed by atoms with E-state index in [1.165, 1.54) is 5.56 Å². The number of hydrogen-bond acceptors (Lipinski definition) is 3. The molecule has 0 radical (unpaired) electrons. The molecule has 28 heavy (non-hydrogen) atoms. The van der Waals surface area contributed by atoms with Crippen LogP contribution in [0.1, 0.15) is 42.9 Å². The Labute approximate surface area is 168 Å². The van der Waals surface area contributed by atoms with E-state index in [1.807, 2.05) is 39.0 Å². The Morgan fingerprint density at radius 1 is 1.11 bits per heavy atom. The van der Waals surface area contributed by atoms with Crippen LogP contribution in [-0.2, 0) is 14.9 Å². The SMILES string of the molecule is CC[C@@H](Oc1cc(C)cc(C)c1)C(=O)NCC1(c2ccccc2)CCOCC1. The average Bonchev–Trinajstić information content (AvgIpc) is 2.71. The zero-order valence-corrected chi connectivity index (χ0v) is 17.2. The van der Waals surface area contributed by atoms with Crippen LogP contribution >= 0.6 is 0 Å². The predicted molar refractivity (Wildman–Crippen MR) is 112 cm³/mol. The molecule has 4 nitrogen and oxygen atoms in total. The average molecular weight is 382 g/mol. The molecule has 2 aromatic carbocycles. The largest absolute Gasteiger partial charge is 0.481 e. The number of nitrogens with one attached hydrogen (secondary N) is 1. The number of amides is 1. The summed E-state index contributed by atoms with van der Waals surface area (Å²) in [6.07, 6.45) is 1.95. The van der Waals surface area contributed by atoms with Crippen LogP contribution in [0.25, 0.3) is 0 Å². The van der Waals surface area contributed by atoms with Gasteiger partial charge in [-0.05, 0) is 61.9 Å². The van der Waals surface area contributed by atoms with Gasteiger partial charge in [-0.25, -0.2) is 0 Å². The lowest BCUT2D eigenvalue weighted by atomic mass is 9.74. The molecule has 4 heteroatoms. The van der Waals surface area contributed by atoms with Crippen LogP contribution in [-0.4, -0.2) is 31.8 Å². The van der Waals surface area contributed by atoms with E-state index in [0.717, 1.165) is 42.9 Å². The zero-order valence-electron chi connectivity index (χ0n) is 17.2. The third kappa shape index (κ3) is 4.93. The summed E-state index contributed by atoms with van der Waals surface area (Å²) >= 11 is 0. The first-order chi connectivity index (χ1) is 13.5. The maximum absolute atomic E-state index is 12.9. The van der Waals surface area contributed by atoms with E-state index in [0.29, 0.717) is 13.0 Å². The summed E-state index contributed by atoms with van der Waals surface area (Å²) in [5.74, 6) is 0.701. The molecule has 1 saturated heterocycles. The number of carbonyl (C=O) groups is 1. The number of aryl methyl sites for hydroxylation is 2. The van der Waals surface area contributed by atoms with Crippen molar-refractivity contribution in [1.29, 1.82) is 0 Å². The molecule has 1 atom stereocenters. The highest BCUT2D eigenvalue weighted by atomic mass is 16.5. The topological polar surface area (TPSA) is 47.6 Å². The van der Waals surface area contributed by atoms with Gasteiger partial charge in [0, 0.05) is 25.2 Å². The van der Waals surface area contributed by atoms with Crippen molar-refractivity contribution < 1.29 is 14.3 Å². The fourth-order valence-corrected chi connectivity index (χ4v) is 3.98. The molecule has 0 spiro atoms. The van der Waals surface area contributed by atoms with Gasteiger partial charge in [-0.3, -0.25) is 4.79 Å². The minimum atomic E-state index is -0.492. The summed E-state index contributed by atoms with van der Waals surface area (Å²) in [6, 6.07) is 16.5. The lowest BCUT2D eigenvalue weighted by molar-refractivity contribution is -0.128. The second kappa shape index (κ2) is 9.24. The lowest BCUT2D eigenvalue weighted by Gasteiger charge is -2.38. The van der Waals surface area contributed by atoms with Crippen LogP contribution in [0.2, 0.25) is 0 Å². The smallest absolute Gasteiger partial charge is 0.261 e. The van der Waals surface area contributed by atoms with E-state index < -0.39 is 6.10 Å². The van der Waals surface area contributed by atoms with E-state index in [9.17, 15) is 4.79 Å². The first-order valence-corrected chi connectivity index (χ1v) is 10.2. The molecule has 0 aliphatic carbocycles. The zero-order chi connectivity index (χ0) is 20.0. The normalized spacial score (nSPS) is 17.0. The van der Waals surface area contributed by atoms with Crippen molar-refractivity contribution in [3.05, 3.63) is 65.2 Å². The summed E-state index contributed by atoms with van der Waals surface area (Å²) in [7, 11) is 0. The van der Waals surface area contributed by atoms with Gasteiger partial charge in [-0.2, -0.15) is 0 Å². The van der Waals surface area contributed by atoms with Gasteiger partial charge in [0.1, 0.15) is 5.75 Å². The quantitative estimate of drug-likeness (QED) is 0.777. The first kappa shape index (κ1) is 20.4. The number of rotatable bonds is 7. The summed E-state index contributed by atoms with van der Waals surface area (Å²) in [6.45, 7) is 8.10. The van der Waals surface area contributed by atoms with Crippen LogP contribution < -0.4 is 10.1 Å². The van der Waals surface area contributed by atoms with Gasteiger partial charge in [0.2, 0.25) is 0 Å². The number of carbonyl (C=O) groups excluding carboxylic acids is 1. The predicted octanol–water partition coefficient (Wildman–Crippen LogP) is 4.33. The molecule has 1 fully saturated rings. The Balaban J connectivity index is 1.69. The van der Waals surface area contributed by atoms with Crippen LogP contribution in [0.3, 0.4) is 0 Å². The van der Waals surface area contributed by atoms with E-state index >= 15 is 0 Å². The fourth-order valence-electron chi connectivity index (χ4n) is 3.98. The maximum Gasteiger partial charge on any atom is 0.261 e. The highest BCUT2D eigenvalue weighted by Crippen LogP contribution is 2.34. The Bertz CT molecular complexity index is 761. The molecular weight excluding hydrogens is 350 g/mol. The maximum atomic E-state index is 12.9. The van der Waals surface area contributed by atoms with Crippen molar-refractivity contribution in [1.82, 2.24) is 5.32 Å². The van der Waals surface area contributed by atoms with Gasteiger partial charge in [0.25, 0.3) is 5.91 Å². The standard InChI is InChI=1S/C24H31NO3/c1-4-22(28-21-15-18(2)14-19(3)16-21)23(26)25-17-24(10-12-27-13-11-24)20-8-6-5-7-9-20/h5-9,14-16,22H,4,10-13,17H2,1-3H3,(H,25,26)/t22-/m1/s1. The molecule has 3 rings (SSSR count). The molecular formula is C24H31NO3. The van der Waals surface area contributed by atoms with Crippen molar-refractivity contribution in [2.45, 2.75) is 51.6 Å². The van der Waals surface area contributed by atoms with E-state index in [2.05, 4.69) is 35.6 Å². The molecule has 1 aliphatic rings. The molecule has 0 aromatic heterocycles. The Morgan fingerprint density at radius 3 is 2.36 bits per heavy atom. The van der Waals surface area contributed by atoms with Gasteiger partial charge in [-0.1, -0.05) is 43.3 Å². The molecule has 1 N–H and O–H groups in total. The van der Waals surface area contributed by atoms with Crippen LogP contribution in [0.4, 0.5) is 0 Å². The third-order valence-electron chi connectivity index (χ3n) is 5.57. The molecule has 1 heterocycles. The first-order valence-electron chi connectivity index (χ1n) is 10.2. The second-order valence-corrected chi connectivity index (χ2v) is 7.81. The van der Waals surface area contributed by atoms with Crippen LogP contribution in [0, 0.1) is 13.8 Å². The van der Waals surface area contributed by atoms with E-state index in [-0.39, 0.29) is 11.3 Å². The van der Waals surface area contributed by atoms with Crippen LogP contribution in [0.5, 0.6) is 5.75 Å². The van der Waals surface area contributed by atoms with Crippen molar-refractivity contribution >= 4 is 5.91 Å². The lowest BCUT2D eigenvalue weighted by Crippen LogP contribution is -2.48. The number of hydrogen-bond donors (Lipinski definition) is 1. The Kier molecular flexibility index (Phi) is 6.74. The van der Waals surface area contributed by atoms with Gasteiger partial charge in [0.15, 0.2) is 6.10 Å². The van der Waals surface area contributed by atoms with Gasteiger partial charge in [0.05, 0.1) is 0 Å². The van der Waals surface area contributed by atoms with Gasteiger partial charge >= 0.3 is 0 Å². The van der Waals surface area contributed by atoms with Crippen molar-refractivity contribution in [3.63, 3.8) is 0 Å². The summed E-state index contributed by atoms with van der Waals surface area (Å²) < 4.78 is 11.6. The molecule has 0 bridgehead atoms. The minimum Gasteiger partial charge on any atom is -0.481 e. The van der Waals surface area contributed by atoms with Crippen LogP contribution in [0.15, 0.2) is 48.5 Å². The molecule has 1 amide bonds. The molecule has 0 unspecified atom stereocenters. The monoisotopic (exact) mass is 381 g/mol. The second-order valence-electron chi connectivity index (χ2n) is 7.81. The number of ether oxygens (including phenoxy) is 2. The third-order valence-corrected chi connectivity index (χ3v) is 5.57. The molecule has 0 saturated carbocycles. The molecule has 1 aliphatic heterocycles. The van der Waals surface area contributed by atoms with E-state index in [4.69, 9.17) is 9.47 Å². The van der Waals surface area contributed by atoms with E-state index in [1.54, 1.807) is 0 Å².